The van der Waals surface area contributed by atoms with Crippen LogP contribution in [0.5, 0.6) is 0 Å². The molecule has 0 fully saturated rings. The monoisotopic (exact) mass is 405 g/mol. The third-order valence-electron chi connectivity index (χ3n) is 4.91. The van der Waals surface area contributed by atoms with Crippen LogP contribution in [0.4, 0.5) is 5.82 Å². The van der Waals surface area contributed by atoms with Crippen LogP contribution in [0.2, 0.25) is 0 Å². The molecular weight excluding hydrogens is 382 g/mol. The lowest BCUT2D eigenvalue weighted by molar-refractivity contribution is -0.117. The van der Waals surface area contributed by atoms with Crippen molar-refractivity contribution < 1.29 is 9.59 Å². The van der Waals surface area contributed by atoms with Gasteiger partial charge in [0.1, 0.15) is 12.1 Å². The Labute approximate surface area is 172 Å². The molecule has 0 saturated heterocycles. The van der Waals surface area contributed by atoms with E-state index >= 15 is 0 Å². The summed E-state index contributed by atoms with van der Waals surface area (Å²) >= 11 is 0. The number of aromatic amines is 1. The standard InChI is InChI=1S/C21H23N7O2/c1-3-8-22-19-15-11-26-28(20(15)25-12-24-19)10-9-23-21(30)18(29)17-13(2)27-16-7-5-4-6-14(16)17/h4-7,11-12,27H,3,8-10H2,1-2H3,(H,23,30)(H,22,24,25). The lowest BCUT2D eigenvalue weighted by Gasteiger charge is -2.07. The van der Waals surface area contributed by atoms with E-state index in [0.29, 0.717) is 23.4 Å². The molecule has 0 atom stereocenters. The van der Waals surface area contributed by atoms with Crippen LogP contribution in [0.25, 0.3) is 21.9 Å². The highest BCUT2D eigenvalue weighted by Crippen LogP contribution is 2.22. The molecule has 1 aromatic carbocycles. The second kappa shape index (κ2) is 8.32. The van der Waals surface area contributed by atoms with Gasteiger partial charge in [0.25, 0.3) is 11.7 Å². The molecule has 1 amide bonds. The average Bonchev–Trinajstić information content (AvgIpc) is 3.32. The second-order valence-corrected chi connectivity index (χ2v) is 7.01. The molecule has 9 nitrogen and oxygen atoms in total. The maximum absolute atomic E-state index is 12.7. The smallest absolute Gasteiger partial charge is 0.292 e. The molecule has 9 heteroatoms. The van der Waals surface area contributed by atoms with Gasteiger partial charge in [-0.3, -0.25) is 9.59 Å². The highest BCUT2D eigenvalue weighted by Gasteiger charge is 2.22. The number of fused-ring (bicyclic) bond motifs is 2. The zero-order valence-corrected chi connectivity index (χ0v) is 16.9. The Balaban J connectivity index is 1.43. The largest absolute Gasteiger partial charge is 0.369 e. The van der Waals surface area contributed by atoms with Gasteiger partial charge in [0.15, 0.2) is 5.65 Å². The fourth-order valence-electron chi connectivity index (χ4n) is 3.48. The highest BCUT2D eigenvalue weighted by molar-refractivity contribution is 6.45. The summed E-state index contributed by atoms with van der Waals surface area (Å²) in [6.07, 6.45) is 4.17. The zero-order chi connectivity index (χ0) is 21.1. The number of aryl methyl sites for hydroxylation is 1. The van der Waals surface area contributed by atoms with Crippen LogP contribution in [-0.4, -0.2) is 49.5 Å². The van der Waals surface area contributed by atoms with Crippen molar-refractivity contribution in [2.75, 3.05) is 18.4 Å². The summed E-state index contributed by atoms with van der Waals surface area (Å²) in [5.41, 5.74) is 2.60. The second-order valence-electron chi connectivity index (χ2n) is 7.01. The van der Waals surface area contributed by atoms with Crippen molar-refractivity contribution in [3.05, 3.63) is 48.0 Å². The molecule has 0 aliphatic rings. The Morgan fingerprint density at radius 2 is 1.97 bits per heavy atom. The molecule has 0 saturated carbocycles. The number of hydrogen-bond donors (Lipinski definition) is 3. The van der Waals surface area contributed by atoms with Gasteiger partial charge in [-0.25, -0.2) is 14.6 Å². The van der Waals surface area contributed by atoms with Gasteiger partial charge >= 0.3 is 0 Å². The van der Waals surface area contributed by atoms with E-state index in [1.54, 1.807) is 17.8 Å². The van der Waals surface area contributed by atoms with E-state index in [0.717, 1.165) is 35.1 Å². The summed E-state index contributed by atoms with van der Waals surface area (Å²) in [4.78, 5) is 36.9. The van der Waals surface area contributed by atoms with Crippen molar-refractivity contribution in [1.82, 2.24) is 30.0 Å². The molecule has 0 aliphatic carbocycles. The molecule has 0 spiro atoms. The Hall–Kier alpha value is -3.75. The Bertz CT molecular complexity index is 1220. The fraction of sp³-hybridized carbons (Fsp3) is 0.286. The first-order valence-electron chi connectivity index (χ1n) is 9.90. The maximum atomic E-state index is 12.7. The molecule has 3 heterocycles. The number of anilines is 1. The van der Waals surface area contributed by atoms with Gasteiger partial charge in [-0.1, -0.05) is 25.1 Å². The molecule has 0 bridgehead atoms. The quantitative estimate of drug-likeness (QED) is 0.306. The van der Waals surface area contributed by atoms with Crippen LogP contribution in [0.3, 0.4) is 0 Å². The van der Waals surface area contributed by atoms with Crippen molar-refractivity contribution in [3.63, 3.8) is 0 Å². The van der Waals surface area contributed by atoms with Gasteiger partial charge in [-0.05, 0) is 19.4 Å². The fourth-order valence-corrected chi connectivity index (χ4v) is 3.48. The van der Waals surface area contributed by atoms with Gasteiger partial charge in [0.2, 0.25) is 0 Å². The van der Waals surface area contributed by atoms with Gasteiger partial charge in [0.05, 0.1) is 23.7 Å². The molecule has 0 aliphatic heterocycles. The number of rotatable bonds is 8. The minimum absolute atomic E-state index is 0.254. The minimum atomic E-state index is -0.640. The van der Waals surface area contributed by atoms with Crippen molar-refractivity contribution in [1.29, 1.82) is 0 Å². The van der Waals surface area contributed by atoms with E-state index in [9.17, 15) is 9.59 Å². The summed E-state index contributed by atoms with van der Waals surface area (Å²) in [5.74, 6) is -0.454. The minimum Gasteiger partial charge on any atom is -0.369 e. The Morgan fingerprint density at radius 1 is 1.13 bits per heavy atom. The Morgan fingerprint density at radius 3 is 2.80 bits per heavy atom. The van der Waals surface area contributed by atoms with Crippen LogP contribution >= 0.6 is 0 Å². The normalized spacial score (nSPS) is 11.1. The number of amides is 1. The number of para-hydroxylation sites is 1. The maximum Gasteiger partial charge on any atom is 0.292 e. The predicted molar refractivity (Wildman–Crippen MR) is 114 cm³/mol. The number of benzene rings is 1. The van der Waals surface area contributed by atoms with Crippen LogP contribution < -0.4 is 10.6 Å². The predicted octanol–water partition coefficient (Wildman–Crippen LogP) is 2.44. The number of carbonyl (C=O) groups excluding carboxylic acids is 2. The molecule has 4 rings (SSSR count). The first-order chi connectivity index (χ1) is 14.6. The number of carbonyl (C=O) groups is 2. The lowest BCUT2D eigenvalue weighted by Crippen LogP contribution is -2.33. The number of nitrogens with one attached hydrogen (secondary N) is 3. The van der Waals surface area contributed by atoms with Gasteiger partial charge in [0, 0.05) is 29.7 Å². The topological polar surface area (TPSA) is 118 Å². The summed E-state index contributed by atoms with van der Waals surface area (Å²) in [7, 11) is 0. The van der Waals surface area contributed by atoms with E-state index in [1.807, 2.05) is 24.3 Å². The molecule has 0 radical (unpaired) electrons. The van der Waals surface area contributed by atoms with Crippen molar-refractivity contribution in [3.8, 4) is 0 Å². The molecular formula is C21H23N7O2. The molecule has 3 N–H and O–H groups in total. The summed E-state index contributed by atoms with van der Waals surface area (Å²) in [6.45, 7) is 5.32. The van der Waals surface area contributed by atoms with Crippen molar-refractivity contribution in [2.24, 2.45) is 0 Å². The highest BCUT2D eigenvalue weighted by atomic mass is 16.2. The molecule has 4 aromatic rings. The third-order valence-corrected chi connectivity index (χ3v) is 4.91. The third kappa shape index (κ3) is 3.61. The first-order valence-corrected chi connectivity index (χ1v) is 9.90. The molecule has 154 valence electrons. The summed E-state index contributed by atoms with van der Waals surface area (Å²) in [5, 5.41) is 11.9. The lowest BCUT2D eigenvalue weighted by atomic mass is 10.1. The van der Waals surface area contributed by atoms with E-state index in [1.165, 1.54) is 6.33 Å². The van der Waals surface area contributed by atoms with Crippen LogP contribution in [0.15, 0.2) is 36.8 Å². The SMILES string of the molecule is CCCNc1ncnc2c1cnn2CCNC(=O)C(=O)c1c(C)[nH]c2ccccc12. The van der Waals surface area contributed by atoms with Crippen molar-refractivity contribution in [2.45, 2.75) is 26.8 Å². The van der Waals surface area contributed by atoms with E-state index < -0.39 is 11.7 Å². The number of nitrogens with zero attached hydrogens (tertiary/aromatic N) is 4. The molecule has 3 aromatic heterocycles. The van der Waals surface area contributed by atoms with Gasteiger partial charge in [-0.2, -0.15) is 5.10 Å². The number of Topliss-reactive ketones (excluding diaryl/α,β-unsaturated/α-hetero) is 1. The van der Waals surface area contributed by atoms with E-state index in [2.05, 4.69) is 37.6 Å². The van der Waals surface area contributed by atoms with Crippen LogP contribution in [-0.2, 0) is 11.3 Å². The molecule has 0 unspecified atom stereocenters. The first kappa shape index (κ1) is 19.6. The van der Waals surface area contributed by atoms with Crippen LogP contribution in [0.1, 0.15) is 29.4 Å². The van der Waals surface area contributed by atoms with Crippen molar-refractivity contribution >= 4 is 39.4 Å². The number of aromatic nitrogens is 5. The summed E-state index contributed by atoms with van der Waals surface area (Å²) < 4.78 is 1.69. The zero-order valence-electron chi connectivity index (χ0n) is 16.9. The van der Waals surface area contributed by atoms with E-state index in [4.69, 9.17) is 0 Å². The number of ketones is 1. The van der Waals surface area contributed by atoms with Gasteiger partial charge < -0.3 is 15.6 Å². The summed E-state index contributed by atoms with van der Waals surface area (Å²) in [6, 6.07) is 7.44. The number of H-pyrrole nitrogens is 1. The Kier molecular flexibility index (Phi) is 5.42. The molecule has 30 heavy (non-hydrogen) atoms. The average molecular weight is 405 g/mol. The van der Waals surface area contributed by atoms with Crippen LogP contribution in [0, 0.1) is 6.92 Å². The van der Waals surface area contributed by atoms with Gasteiger partial charge in [-0.15, -0.1) is 0 Å². The van der Waals surface area contributed by atoms with E-state index in [-0.39, 0.29) is 6.54 Å². The number of hydrogen-bond acceptors (Lipinski definition) is 6.